The molecule has 0 saturated heterocycles. The molecule has 3 atom stereocenters. The van der Waals surface area contributed by atoms with Gasteiger partial charge in [-0.15, -0.1) is 11.6 Å². The van der Waals surface area contributed by atoms with Crippen LogP contribution in [0.5, 0.6) is 0 Å². The first-order valence-corrected chi connectivity index (χ1v) is 7.79. The molecule has 3 unspecified atom stereocenters. The maximum atomic E-state index is 6.44. The minimum absolute atomic E-state index is 0.352. The molecule has 3 rings (SSSR count). The van der Waals surface area contributed by atoms with Gasteiger partial charge in [-0.25, -0.2) is 0 Å². The second kappa shape index (κ2) is 5.97. The number of pyridine rings is 1. The summed E-state index contributed by atoms with van der Waals surface area (Å²) < 4.78 is 0. The summed E-state index contributed by atoms with van der Waals surface area (Å²) in [7, 11) is 0. The Morgan fingerprint density at radius 2 is 1.65 bits per heavy atom. The van der Waals surface area contributed by atoms with Crippen LogP contribution in [0.2, 0.25) is 0 Å². The van der Waals surface area contributed by atoms with Crippen LogP contribution in [0.25, 0.3) is 11.1 Å². The molecule has 0 bridgehead atoms. The molecule has 1 aromatic carbocycles. The van der Waals surface area contributed by atoms with Gasteiger partial charge in [-0.1, -0.05) is 31.2 Å². The van der Waals surface area contributed by atoms with Crippen molar-refractivity contribution in [3.05, 3.63) is 54.4 Å². The minimum atomic E-state index is 0.352. The lowest BCUT2D eigenvalue weighted by atomic mass is 9.95. The predicted octanol–water partition coefficient (Wildman–Crippen LogP) is 4.94. The summed E-state index contributed by atoms with van der Waals surface area (Å²) in [5, 5.41) is 0.352. The van der Waals surface area contributed by atoms with Crippen molar-refractivity contribution < 1.29 is 0 Å². The quantitative estimate of drug-likeness (QED) is 0.728. The average Bonchev–Trinajstić information content (AvgIpc) is 2.79. The van der Waals surface area contributed by atoms with Crippen molar-refractivity contribution in [1.29, 1.82) is 0 Å². The maximum absolute atomic E-state index is 6.44. The van der Waals surface area contributed by atoms with E-state index in [0.29, 0.717) is 11.3 Å². The van der Waals surface area contributed by atoms with Gasteiger partial charge in [0.2, 0.25) is 0 Å². The van der Waals surface area contributed by atoms with E-state index in [1.165, 1.54) is 29.5 Å². The van der Waals surface area contributed by atoms with Crippen LogP contribution in [-0.2, 0) is 6.42 Å². The monoisotopic (exact) mass is 285 g/mol. The first-order chi connectivity index (χ1) is 9.72. The molecule has 0 amide bonds. The third-order valence-electron chi connectivity index (χ3n) is 4.31. The van der Waals surface area contributed by atoms with E-state index in [9.17, 15) is 0 Å². The van der Waals surface area contributed by atoms with Crippen molar-refractivity contribution in [2.75, 3.05) is 0 Å². The Labute approximate surface area is 126 Å². The lowest BCUT2D eigenvalue weighted by Gasteiger charge is -2.13. The van der Waals surface area contributed by atoms with Gasteiger partial charge >= 0.3 is 0 Å². The fraction of sp³-hybridized carbons (Fsp3) is 0.389. The normalized spacial score (nSPS) is 25.8. The fourth-order valence-corrected chi connectivity index (χ4v) is 3.73. The van der Waals surface area contributed by atoms with E-state index < -0.39 is 0 Å². The van der Waals surface area contributed by atoms with E-state index in [4.69, 9.17) is 11.6 Å². The van der Waals surface area contributed by atoms with Crippen LogP contribution in [0.3, 0.4) is 0 Å². The van der Waals surface area contributed by atoms with Gasteiger partial charge in [-0.2, -0.15) is 0 Å². The van der Waals surface area contributed by atoms with Crippen LogP contribution < -0.4 is 0 Å². The van der Waals surface area contributed by atoms with Gasteiger partial charge in [0.15, 0.2) is 0 Å². The second-order valence-corrected chi connectivity index (χ2v) is 6.55. The Kier molecular flexibility index (Phi) is 4.07. The molecule has 1 nitrogen and oxygen atoms in total. The number of hydrogen-bond donors (Lipinski definition) is 0. The number of nitrogens with zero attached hydrogens (tertiary/aromatic N) is 1. The summed E-state index contributed by atoms with van der Waals surface area (Å²) in [6, 6.07) is 13.0. The third-order valence-corrected chi connectivity index (χ3v) is 4.84. The molecule has 0 spiro atoms. The number of benzene rings is 1. The lowest BCUT2D eigenvalue weighted by Crippen LogP contribution is -2.10. The van der Waals surface area contributed by atoms with Crippen LogP contribution in [-0.4, -0.2) is 10.4 Å². The van der Waals surface area contributed by atoms with Crippen molar-refractivity contribution in [2.24, 2.45) is 11.8 Å². The van der Waals surface area contributed by atoms with Crippen LogP contribution in [0.4, 0.5) is 0 Å². The second-order valence-electron chi connectivity index (χ2n) is 5.99. The van der Waals surface area contributed by atoms with Crippen molar-refractivity contribution in [3.8, 4) is 11.1 Å². The first-order valence-electron chi connectivity index (χ1n) is 7.36. The molecule has 0 radical (unpaired) electrons. The molecule has 1 saturated carbocycles. The molecule has 104 valence electrons. The van der Waals surface area contributed by atoms with E-state index in [1.807, 2.05) is 24.5 Å². The zero-order valence-electron chi connectivity index (χ0n) is 11.8. The van der Waals surface area contributed by atoms with Gasteiger partial charge < -0.3 is 0 Å². The van der Waals surface area contributed by atoms with Crippen LogP contribution >= 0.6 is 11.6 Å². The number of aromatic nitrogens is 1. The largest absolute Gasteiger partial charge is 0.265 e. The Hall–Kier alpha value is -1.34. The summed E-state index contributed by atoms with van der Waals surface area (Å²) in [6.07, 6.45) is 7.21. The highest BCUT2D eigenvalue weighted by atomic mass is 35.5. The molecule has 1 heterocycles. The maximum Gasteiger partial charge on any atom is 0.0370 e. The third kappa shape index (κ3) is 3.04. The molecule has 2 aromatic rings. The number of alkyl halides is 1. The Balaban J connectivity index is 1.71. The summed E-state index contributed by atoms with van der Waals surface area (Å²) in [5.74, 6) is 1.41. The minimum Gasteiger partial charge on any atom is -0.265 e. The zero-order valence-corrected chi connectivity index (χ0v) is 12.6. The summed E-state index contributed by atoms with van der Waals surface area (Å²) in [6.45, 7) is 2.31. The van der Waals surface area contributed by atoms with Gasteiger partial charge in [0.05, 0.1) is 0 Å². The van der Waals surface area contributed by atoms with Gasteiger partial charge in [0.25, 0.3) is 0 Å². The smallest absolute Gasteiger partial charge is 0.0370 e. The van der Waals surface area contributed by atoms with Crippen molar-refractivity contribution in [2.45, 2.75) is 31.6 Å². The Bertz CT molecular complexity index is 549. The highest BCUT2D eigenvalue weighted by Crippen LogP contribution is 2.36. The molecular formula is C18H20ClN. The van der Waals surface area contributed by atoms with Crippen LogP contribution in [0.1, 0.15) is 25.3 Å². The van der Waals surface area contributed by atoms with E-state index >= 15 is 0 Å². The molecule has 0 N–H and O–H groups in total. The van der Waals surface area contributed by atoms with E-state index in [-0.39, 0.29) is 0 Å². The van der Waals surface area contributed by atoms with E-state index in [0.717, 1.165) is 12.3 Å². The number of hydrogen-bond acceptors (Lipinski definition) is 1. The SMILES string of the molecule is CC1CC(Cl)C(Cc2ccc(-c3ccncc3)cc2)C1. The lowest BCUT2D eigenvalue weighted by molar-refractivity contribution is 0.516. The van der Waals surface area contributed by atoms with Crippen LogP contribution in [0.15, 0.2) is 48.8 Å². The molecular weight excluding hydrogens is 266 g/mol. The topological polar surface area (TPSA) is 12.9 Å². The van der Waals surface area contributed by atoms with Crippen molar-refractivity contribution in [1.82, 2.24) is 4.98 Å². The molecule has 1 aromatic heterocycles. The molecule has 1 aliphatic carbocycles. The summed E-state index contributed by atoms with van der Waals surface area (Å²) in [5.41, 5.74) is 3.86. The van der Waals surface area contributed by atoms with Gasteiger partial charge in [-0.05, 0) is 59.9 Å². The zero-order chi connectivity index (χ0) is 13.9. The Morgan fingerprint density at radius 1 is 1.00 bits per heavy atom. The first kappa shape index (κ1) is 13.6. The van der Waals surface area contributed by atoms with E-state index in [1.54, 1.807) is 0 Å². The highest BCUT2D eigenvalue weighted by molar-refractivity contribution is 6.21. The highest BCUT2D eigenvalue weighted by Gasteiger charge is 2.30. The van der Waals surface area contributed by atoms with Crippen molar-refractivity contribution in [3.63, 3.8) is 0 Å². The number of rotatable bonds is 3. The van der Waals surface area contributed by atoms with E-state index in [2.05, 4.69) is 36.2 Å². The molecule has 2 heteroatoms. The standard InChI is InChI=1S/C18H20ClN/c1-13-10-17(18(19)11-13)12-14-2-4-15(5-3-14)16-6-8-20-9-7-16/h2-9,13,17-18H,10-12H2,1H3. The van der Waals surface area contributed by atoms with Gasteiger partial charge in [0.1, 0.15) is 0 Å². The fourth-order valence-electron chi connectivity index (χ4n) is 3.23. The molecule has 1 fully saturated rings. The summed E-state index contributed by atoms with van der Waals surface area (Å²) in [4.78, 5) is 4.06. The predicted molar refractivity (Wildman–Crippen MR) is 84.9 cm³/mol. The summed E-state index contributed by atoms with van der Waals surface area (Å²) >= 11 is 6.44. The van der Waals surface area contributed by atoms with Crippen molar-refractivity contribution >= 4 is 11.6 Å². The molecule has 0 aliphatic heterocycles. The molecule has 1 aliphatic rings. The van der Waals surface area contributed by atoms with Gasteiger partial charge in [0, 0.05) is 17.8 Å². The average molecular weight is 286 g/mol. The Morgan fingerprint density at radius 3 is 2.25 bits per heavy atom. The van der Waals surface area contributed by atoms with Gasteiger partial charge in [-0.3, -0.25) is 4.98 Å². The van der Waals surface area contributed by atoms with Crippen LogP contribution in [0, 0.1) is 11.8 Å². The number of halogens is 1. The molecule has 20 heavy (non-hydrogen) atoms.